The summed E-state index contributed by atoms with van der Waals surface area (Å²) in [7, 11) is 0. The summed E-state index contributed by atoms with van der Waals surface area (Å²) in [6, 6.07) is 14.1. The molecule has 3 rings (SSSR count). The number of halogens is 1. The third-order valence-electron chi connectivity index (χ3n) is 3.44. The Labute approximate surface area is 141 Å². The molecule has 22 heavy (non-hydrogen) atoms. The molecule has 0 aliphatic heterocycles. The van der Waals surface area contributed by atoms with E-state index in [1.807, 2.05) is 48.7 Å². The van der Waals surface area contributed by atoms with Crippen molar-refractivity contribution < 1.29 is 0 Å². The van der Waals surface area contributed by atoms with Crippen LogP contribution in [-0.2, 0) is 0 Å². The molecule has 0 aliphatic rings. The van der Waals surface area contributed by atoms with Crippen LogP contribution in [0.3, 0.4) is 0 Å². The summed E-state index contributed by atoms with van der Waals surface area (Å²) in [6.07, 6.45) is 0. The molecule has 0 saturated carbocycles. The van der Waals surface area contributed by atoms with Gasteiger partial charge >= 0.3 is 0 Å². The van der Waals surface area contributed by atoms with E-state index in [-0.39, 0.29) is 5.82 Å². The average molecular weight is 370 g/mol. The van der Waals surface area contributed by atoms with Crippen molar-refractivity contribution in [2.45, 2.75) is 6.92 Å². The molecule has 1 aromatic carbocycles. The quantitative estimate of drug-likeness (QED) is 0.690. The van der Waals surface area contributed by atoms with Gasteiger partial charge in [-0.3, -0.25) is 0 Å². The highest BCUT2D eigenvalue weighted by molar-refractivity contribution is 9.10. The molecule has 3 nitrogen and oxygen atoms in total. The number of nitrogens with zero attached hydrogens (tertiary/aromatic N) is 2. The first-order valence-electron chi connectivity index (χ1n) is 6.62. The van der Waals surface area contributed by atoms with E-state index in [9.17, 15) is 5.26 Å². The second-order valence-corrected chi connectivity index (χ2v) is 6.65. The van der Waals surface area contributed by atoms with Gasteiger partial charge in [-0.1, -0.05) is 30.3 Å². The number of nitriles is 1. The van der Waals surface area contributed by atoms with Crippen molar-refractivity contribution in [3.63, 3.8) is 0 Å². The van der Waals surface area contributed by atoms with Gasteiger partial charge in [0.2, 0.25) is 0 Å². The Morgan fingerprint density at radius 2 is 2.00 bits per heavy atom. The average Bonchev–Trinajstić information content (AvgIpc) is 2.95. The summed E-state index contributed by atoms with van der Waals surface area (Å²) in [4.78, 5) is 5.46. The van der Waals surface area contributed by atoms with Gasteiger partial charge in [0.05, 0.1) is 5.69 Å². The Balaban J connectivity index is 2.33. The van der Waals surface area contributed by atoms with Crippen LogP contribution in [0.4, 0.5) is 5.82 Å². The normalized spacial score (nSPS) is 10.4. The maximum Gasteiger partial charge on any atom is 0.142 e. The van der Waals surface area contributed by atoms with Crippen molar-refractivity contribution >= 4 is 33.1 Å². The summed E-state index contributed by atoms with van der Waals surface area (Å²) < 4.78 is 0.993. The van der Waals surface area contributed by atoms with E-state index in [0.29, 0.717) is 5.56 Å². The van der Waals surface area contributed by atoms with Crippen LogP contribution in [0.1, 0.15) is 11.1 Å². The first kappa shape index (κ1) is 14.8. The standard InChI is InChI=1S/C17H12BrN3S/c1-10-15(14-7-12(18)9-22-14)13(8-19)17(20)21-16(10)11-5-3-2-4-6-11/h2-7,9H,1H3,(H2,20,21). The topological polar surface area (TPSA) is 62.7 Å². The lowest BCUT2D eigenvalue weighted by Gasteiger charge is -2.13. The van der Waals surface area contributed by atoms with Crippen molar-refractivity contribution in [2.24, 2.45) is 0 Å². The molecule has 0 amide bonds. The number of thiophene rings is 1. The molecule has 0 bridgehead atoms. The van der Waals surface area contributed by atoms with Crippen molar-refractivity contribution in [3.8, 4) is 27.8 Å². The third-order valence-corrected chi connectivity index (χ3v) is 5.15. The van der Waals surface area contributed by atoms with Gasteiger partial charge in [-0.2, -0.15) is 5.26 Å². The SMILES string of the molecule is Cc1c(-c2ccccc2)nc(N)c(C#N)c1-c1cc(Br)cs1. The third kappa shape index (κ3) is 2.52. The summed E-state index contributed by atoms with van der Waals surface area (Å²) in [6.45, 7) is 1.98. The zero-order valence-electron chi connectivity index (χ0n) is 11.8. The fourth-order valence-corrected chi connectivity index (χ4v) is 3.97. The fourth-order valence-electron chi connectivity index (χ4n) is 2.44. The molecule has 2 heterocycles. The van der Waals surface area contributed by atoms with E-state index in [1.165, 1.54) is 0 Å². The monoisotopic (exact) mass is 369 g/mol. The number of rotatable bonds is 2. The highest BCUT2D eigenvalue weighted by atomic mass is 79.9. The van der Waals surface area contributed by atoms with Crippen LogP contribution >= 0.6 is 27.3 Å². The highest BCUT2D eigenvalue weighted by Gasteiger charge is 2.19. The maximum absolute atomic E-state index is 9.48. The zero-order chi connectivity index (χ0) is 15.7. The number of benzene rings is 1. The molecular formula is C17H12BrN3S. The van der Waals surface area contributed by atoms with E-state index in [4.69, 9.17) is 5.73 Å². The molecule has 5 heteroatoms. The largest absolute Gasteiger partial charge is 0.383 e. The smallest absolute Gasteiger partial charge is 0.142 e. The summed E-state index contributed by atoms with van der Waals surface area (Å²) in [5.41, 5.74) is 10.1. The predicted octanol–water partition coefficient (Wildman–Crippen LogP) is 5.00. The van der Waals surface area contributed by atoms with E-state index in [0.717, 1.165) is 31.7 Å². The van der Waals surface area contributed by atoms with Crippen LogP contribution < -0.4 is 5.73 Å². The molecule has 0 aliphatic carbocycles. The number of pyridine rings is 1. The Bertz CT molecular complexity index is 879. The molecule has 0 radical (unpaired) electrons. The number of hydrogen-bond acceptors (Lipinski definition) is 4. The van der Waals surface area contributed by atoms with Crippen LogP contribution in [0.15, 0.2) is 46.3 Å². The molecule has 0 atom stereocenters. The highest BCUT2D eigenvalue weighted by Crippen LogP contribution is 2.39. The first-order valence-corrected chi connectivity index (χ1v) is 8.29. The van der Waals surface area contributed by atoms with E-state index in [1.54, 1.807) is 11.3 Å². The van der Waals surface area contributed by atoms with Crippen LogP contribution in [0, 0.1) is 18.3 Å². The Hall–Kier alpha value is -2.16. The van der Waals surface area contributed by atoms with Crippen LogP contribution in [0.2, 0.25) is 0 Å². The molecule has 0 fully saturated rings. The lowest BCUT2D eigenvalue weighted by atomic mass is 9.97. The zero-order valence-corrected chi connectivity index (χ0v) is 14.2. The second-order valence-electron chi connectivity index (χ2n) is 4.83. The Morgan fingerprint density at radius 3 is 2.59 bits per heavy atom. The van der Waals surface area contributed by atoms with Gasteiger partial charge < -0.3 is 5.73 Å². The maximum atomic E-state index is 9.48. The number of nitrogens with two attached hydrogens (primary N) is 1. The van der Waals surface area contributed by atoms with Gasteiger partial charge in [0.25, 0.3) is 0 Å². The van der Waals surface area contributed by atoms with Gasteiger partial charge in [0.1, 0.15) is 17.5 Å². The van der Waals surface area contributed by atoms with Crippen molar-refractivity contribution in [1.82, 2.24) is 4.98 Å². The predicted molar refractivity (Wildman–Crippen MR) is 94.6 cm³/mol. The molecule has 108 valence electrons. The fraction of sp³-hybridized carbons (Fsp3) is 0.0588. The van der Waals surface area contributed by atoms with Crippen molar-refractivity contribution in [2.75, 3.05) is 5.73 Å². The van der Waals surface area contributed by atoms with Crippen molar-refractivity contribution in [3.05, 3.63) is 57.4 Å². The number of hydrogen-bond donors (Lipinski definition) is 1. The molecule has 0 saturated heterocycles. The van der Waals surface area contributed by atoms with Gasteiger partial charge in [-0.15, -0.1) is 11.3 Å². The second kappa shape index (κ2) is 5.91. The molecule has 0 spiro atoms. The lowest BCUT2D eigenvalue weighted by molar-refractivity contribution is 1.26. The van der Waals surface area contributed by atoms with Crippen LogP contribution in [0.25, 0.3) is 21.7 Å². The molecule has 3 aromatic rings. The summed E-state index contributed by atoms with van der Waals surface area (Å²) in [5, 5.41) is 11.5. The van der Waals surface area contributed by atoms with Gasteiger partial charge in [0, 0.05) is 25.9 Å². The van der Waals surface area contributed by atoms with E-state index < -0.39 is 0 Å². The Kier molecular flexibility index (Phi) is 3.97. The van der Waals surface area contributed by atoms with E-state index >= 15 is 0 Å². The van der Waals surface area contributed by atoms with Gasteiger partial charge in [-0.25, -0.2) is 4.98 Å². The summed E-state index contributed by atoms with van der Waals surface area (Å²) in [5.74, 6) is 0.270. The van der Waals surface area contributed by atoms with E-state index in [2.05, 4.69) is 27.0 Å². The number of aromatic nitrogens is 1. The minimum absolute atomic E-state index is 0.270. The van der Waals surface area contributed by atoms with Gasteiger partial charge in [-0.05, 0) is 34.5 Å². The lowest BCUT2D eigenvalue weighted by Crippen LogP contribution is -2.02. The molecular weight excluding hydrogens is 358 g/mol. The molecule has 2 N–H and O–H groups in total. The Morgan fingerprint density at radius 1 is 1.27 bits per heavy atom. The first-order chi connectivity index (χ1) is 10.6. The minimum atomic E-state index is 0.270. The summed E-state index contributed by atoms with van der Waals surface area (Å²) >= 11 is 5.04. The van der Waals surface area contributed by atoms with Crippen LogP contribution in [0.5, 0.6) is 0 Å². The number of nitrogen functional groups attached to an aromatic ring is 1. The van der Waals surface area contributed by atoms with Crippen molar-refractivity contribution in [1.29, 1.82) is 5.26 Å². The number of anilines is 1. The molecule has 2 aromatic heterocycles. The minimum Gasteiger partial charge on any atom is -0.383 e. The molecule has 0 unspecified atom stereocenters. The van der Waals surface area contributed by atoms with Gasteiger partial charge in [0.15, 0.2) is 0 Å². The van der Waals surface area contributed by atoms with Crippen LogP contribution in [-0.4, -0.2) is 4.98 Å².